The molecule has 2 aromatic heterocycles. The number of aromatic nitrogens is 4. The Morgan fingerprint density at radius 3 is 1.55 bits per heavy atom. The van der Waals surface area contributed by atoms with Crippen LogP contribution in [0, 0.1) is 11.8 Å². The molecule has 0 unspecified atom stereocenters. The van der Waals surface area contributed by atoms with Gasteiger partial charge in [0.25, 0.3) is 0 Å². The lowest BCUT2D eigenvalue weighted by Crippen LogP contribution is -2.61. The van der Waals surface area contributed by atoms with Crippen LogP contribution in [0.1, 0.15) is 121 Å². The molecule has 99 heavy (non-hydrogen) atoms. The zero-order valence-corrected chi connectivity index (χ0v) is 56.2. The molecule has 33 nitrogen and oxygen atoms in total. The van der Waals surface area contributed by atoms with E-state index in [0.717, 1.165) is 4.90 Å². The molecule has 1 fully saturated rings. The van der Waals surface area contributed by atoms with Gasteiger partial charge in [0.05, 0.1) is 25.3 Å². The van der Waals surface area contributed by atoms with Crippen LogP contribution >= 0.6 is 0 Å². The summed E-state index contributed by atoms with van der Waals surface area (Å²) in [6.45, 7) is 6.28. The fraction of sp³-hybridized carbons (Fsp3) is 0.545. The van der Waals surface area contributed by atoms with Gasteiger partial charge in [0.15, 0.2) is 0 Å². The standard InChI is InChI=1S/C66H97N17O16/c1-37(2)27-48(77-58(90)46(16-9-11-25-68)76-64(96)55(38(3)4)82-59(91)47(22-23-54(86)87)74-56(88)44(69)30-41-32-70-35-72-41)60(92)75-45(15-8-10-24-67)57(89)79-50(31-42-33-71-36-73-42)62(94)78-49(28-39-13-6-5-7-14-39)61(93)81-52(34-84)65(97)83-26-12-17-53(83)63(95)80-51(66(98)99)29-40-18-20-43(85)21-19-40/h5-7,13-14,18-21,32-33,35-38,44-53,55,84-85H,8-12,15-17,22-31,34,67-69H2,1-4H3,(H,70,72)(H,71,73)(H,74,88)(H,75,92)(H,76,96)(H,77,90)(H,78,94)(H,79,89)(H,80,95)(H,81,93)(H,82,91)(H,86,87)(H,98,99)/t44-,45-,46-,47-,48-,49-,50-,51-,52-,53-,55-/m0/s1. The number of imidazole rings is 2. The summed E-state index contributed by atoms with van der Waals surface area (Å²) in [6.07, 6.45) is 5.99. The van der Waals surface area contributed by atoms with Gasteiger partial charge in [0.2, 0.25) is 59.1 Å². The van der Waals surface area contributed by atoms with Gasteiger partial charge in [-0.2, -0.15) is 0 Å². The Bertz CT molecular complexity index is 3290. The Kier molecular flexibility index (Phi) is 32.9. The lowest BCUT2D eigenvalue weighted by Gasteiger charge is -2.30. The third-order valence-electron chi connectivity index (χ3n) is 16.5. The predicted molar refractivity (Wildman–Crippen MR) is 358 cm³/mol. The summed E-state index contributed by atoms with van der Waals surface area (Å²) in [5.74, 6) is -12.1. The lowest BCUT2D eigenvalue weighted by molar-refractivity contribution is -0.145. The Labute approximate surface area is 573 Å². The molecule has 5 rings (SSSR count). The number of nitrogens with two attached hydrogens (primary N) is 3. The number of carbonyl (C=O) groups excluding carboxylic acids is 10. The Morgan fingerprint density at radius 2 is 1.02 bits per heavy atom. The van der Waals surface area contributed by atoms with Crippen molar-refractivity contribution in [3.8, 4) is 5.75 Å². The zero-order chi connectivity index (χ0) is 72.7. The van der Waals surface area contributed by atoms with Crippen molar-refractivity contribution in [3.05, 3.63) is 102 Å². The Morgan fingerprint density at radius 1 is 0.545 bits per heavy atom. The molecule has 0 saturated carbocycles. The summed E-state index contributed by atoms with van der Waals surface area (Å²) in [5.41, 5.74) is 19.7. The number of phenolic OH excluding ortho intramolecular Hbond substituents is 1. The van der Waals surface area contributed by atoms with Gasteiger partial charge in [0.1, 0.15) is 66.2 Å². The van der Waals surface area contributed by atoms with Gasteiger partial charge in [-0.15, -0.1) is 0 Å². The second-order valence-electron chi connectivity index (χ2n) is 25.3. The SMILES string of the molecule is CC(C)C[C@H](NC(=O)[C@H](CCCCN)NC(=O)[C@@H](NC(=O)[C@H](CCC(=O)O)NC(=O)[C@@H](N)Cc1cnc[nH]1)C(C)C)C(=O)N[C@@H](CCCCN)C(=O)N[C@@H](Cc1cnc[nH]1)C(=O)N[C@@H](Cc1ccccc1)C(=O)N[C@@H](CO)C(=O)N1CCC[C@H]1C(=O)N[C@@H](Cc1ccc(O)cc1)C(=O)O. The van der Waals surface area contributed by atoms with Gasteiger partial charge >= 0.3 is 11.9 Å². The normalized spacial score (nSPS) is 15.9. The van der Waals surface area contributed by atoms with Gasteiger partial charge in [-0.1, -0.05) is 70.2 Å². The number of hydrogen-bond acceptors (Lipinski definition) is 19. The van der Waals surface area contributed by atoms with E-state index in [1.54, 1.807) is 58.0 Å². The summed E-state index contributed by atoms with van der Waals surface area (Å²) in [6, 6.07) is -1.12. The minimum Gasteiger partial charge on any atom is -0.508 e. The van der Waals surface area contributed by atoms with Crippen LogP contribution in [-0.2, 0) is 83.2 Å². The molecule has 11 atom stereocenters. The number of nitrogens with zero attached hydrogens (tertiary/aromatic N) is 3. The minimum atomic E-state index is -1.67. The first kappa shape index (κ1) is 79.8. The average Bonchev–Trinajstić information content (AvgIpc) is 1.76. The van der Waals surface area contributed by atoms with Gasteiger partial charge in [0, 0.05) is 62.4 Å². The van der Waals surface area contributed by atoms with Crippen LogP contribution in [0.25, 0.3) is 0 Å². The quantitative estimate of drug-likeness (QED) is 0.0207. The van der Waals surface area contributed by atoms with Crippen molar-refractivity contribution >= 4 is 71.0 Å². The average molecular weight is 1380 g/mol. The number of aliphatic hydroxyl groups excluding tert-OH is 1. The van der Waals surface area contributed by atoms with Crippen molar-refractivity contribution in [1.82, 2.24) is 72.7 Å². The fourth-order valence-electron chi connectivity index (χ4n) is 11.1. The van der Waals surface area contributed by atoms with E-state index in [1.165, 1.54) is 49.3 Å². The van der Waals surface area contributed by atoms with E-state index in [-0.39, 0.29) is 89.1 Å². The summed E-state index contributed by atoms with van der Waals surface area (Å²) in [7, 11) is 0. The first-order valence-electron chi connectivity index (χ1n) is 33.2. The third kappa shape index (κ3) is 26.5. The number of benzene rings is 2. The maximum Gasteiger partial charge on any atom is 0.326 e. The van der Waals surface area contributed by atoms with Crippen molar-refractivity contribution in [2.75, 3.05) is 26.2 Å². The lowest BCUT2D eigenvalue weighted by atomic mass is 9.99. The first-order chi connectivity index (χ1) is 47.2. The van der Waals surface area contributed by atoms with Crippen LogP contribution in [-0.4, -0.2) is 209 Å². The van der Waals surface area contributed by atoms with E-state index in [9.17, 15) is 78.0 Å². The van der Waals surface area contributed by atoms with Crippen LogP contribution in [0.15, 0.2) is 79.6 Å². The smallest absolute Gasteiger partial charge is 0.326 e. The van der Waals surface area contributed by atoms with Crippen molar-refractivity contribution < 1.29 is 78.0 Å². The van der Waals surface area contributed by atoms with Crippen LogP contribution in [0.5, 0.6) is 5.75 Å². The van der Waals surface area contributed by atoms with E-state index >= 15 is 0 Å². The van der Waals surface area contributed by atoms with Crippen molar-refractivity contribution in [1.29, 1.82) is 0 Å². The van der Waals surface area contributed by atoms with Gasteiger partial charge in [-0.3, -0.25) is 52.7 Å². The summed E-state index contributed by atoms with van der Waals surface area (Å²) in [5, 5.41) is 63.6. The number of unbranched alkanes of at least 4 members (excludes halogenated alkanes) is 2. The number of carbonyl (C=O) groups is 12. The minimum absolute atomic E-state index is 0.00916. The van der Waals surface area contributed by atoms with Gasteiger partial charge in [-0.05, 0) is 112 Å². The fourth-order valence-corrected chi connectivity index (χ4v) is 11.1. The summed E-state index contributed by atoms with van der Waals surface area (Å²) in [4.78, 5) is 181. The molecule has 10 amide bonds. The maximum absolute atomic E-state index is 14.8. The molecule has 2 aromatic carbocycles. The van der Waals surface area contributed by atoms with Crippen LogP contribution < -0.4 is 65.1 Å². The number of likely N-dealkylation sites (tertiary alicyclic amines) is 1. The number of aliphatic carboxylic acids is 2. The van der Waals surface area contributed by atoms with E-state index < -0.39 is 156 Å². The molecule has 4 aromatic rings. The Hall–Kier alpha value is -9.86. The highest BCUT2D eigenvalue weighted by Gasteiger charge is 2.41. The monoisotopic (exact) mass is 1380 g/mol. The summed E-state index contributed by atoms with van der Waals surface area (Å²) >= 11 is 0. The second kappa shape index (κ2) is 40.8. The molecule has 542 valence electrons. The molecule has 21 N–H and O–H groups in total. The molecule has 1 saturated heterocycles. The van der Waals surface area contributed by atoms with Gasteiger partial charge < -0.3 is 100 Å². The van der Waals surface area contributed by atoms with Crippen molar-refractivity contribution in [2.45, 2.75) is 190 Å². The molecule has 0 aliphatic carbocycles. The second-order valence-corrected chi connectivity index (χ2v) is 25.3. The number of nitrogens with one attached hydrogen (secondary N) is 11. The predicted octanol–water partition coefficient (Wildman–Crippen LogP) is -2.31. The molecule has 1 aliphatic rings. The van der Waals surface area contributed by atoms with E-state index in [0.29, 0.717) is 54.6 Å². The summed E-state index contributed by atoms with van der Waals surface area (Å²) < 4.78 is 0. The number of aromatic hydroxyl groups is 1. The number of carboxylic acids is 2. The number of aromatic amines is 2. The molecule has 1 aliphatic heterocycles. The Balaban J connectivity index is 1.34. The largest absolute Gasteiger partial charge is 0.508 e. The molecule has 0 radical (unpaired) electrons. The molecule has 33 heteroatoms. The van der Waals surface area contributed by atoms with E-state index in [4.69, 9.17) is 17.2 Å². The highest BCUT2D eigenvalue weighted by Crippen LogP contribution is 2.21. The highest BCUT2D eigenvalue weighted by molar-refractivity contribution is 5.99. The molecule has 0 spiro atoms. The molecular weight excluding hydrogens is 1290 g/mol. The topological polar surface area (TPSA) is 533 Å². The molecular formula is C66H97N17O16. The number of H-pyrrole nitrogens is 2. The van der Waals surface area contributed by atoms with Crippen molar-refractivity contribution in [2.24, 2.45) is 29.0 Å². The number of phenols is 1. The van der Waals surface area contributed by atoms with Crippen molar-refractivity contribution in [3.63, 3.8) is 0 Å². The highest BCUT2D eigenvalue weighted by atomic mass is 16.4. The number of amides is 10. The van der Waals surface area contributed by atoms with Gasteiger partial charge in [-0.25, -0.2) is 14.8 Å². The molecule has 0 bridgehead atoms. The number of rotatable bonds is 43. The van der Waals surface area contributed by atoms with E-state index in [2.05, 4.69) is 67.8 Å². The number of aliphatic hydroxyl groups is 1. The first-order valence-corrected chi connectivity index (χ1v) is 33.2. The zero-order valence-electron chi connectivity index (χ0n) is 56.2. The number of carboxylic acid groups (broad SMARTS) is 2. The number of hydrogen-bond donors (Lipinski definition) is 18. The van der Waals surface area contributed by atoms with Crippen LogP contribution in [0.4, 0.5) is 0 Å². The third-order valence-corrected chi connectivity index (χ3v) is 16.5. The van der Waals surface area contributed by atoms with E-state index in [1.807, 2.05) is 0 Å². The maximum atomic E-state index is 14.8. The van der Waals surface area contributed by atoms with Crippen LogP contribution in [0.2, 0.25) is 0 Å². The van der Waals surface area contributed by atoms with Crippen LogP contribution in [0.3, 0.4) is 0 Å². The molecule has 3 heterocycles.